The van der Waals surface area contributed by atoms with Gasteiger partial charge in [0.1, 0.15) is 0 Å². The van der Waals surface area contributed by atoms with Gasteiger partial charge in [0, 0.05) is 11.3 Å². The number of fused-ring (bicyclic) bond motifs is 1. The van der Waals surface area contributed by atoms with Crippen molar-refractivity contribution in [3.05, 3.63) is 71.3 Å². The van der Waals surface area contributed by atoms with Gasteiger partial charge in [-0.05, 0) is 35.7 Å². The Morgan fingerprint density at radius 2 is 1.78 bits per heavy atom. The number of carboxylic acids is 1. The van der Waals surface area contributed by atoms with Crippen molar-refractivity contribution in [3.63, 3.8) is 0 Å². The van der Waals surface area contributed by atoms with Crippen molar-refractivity contribution < 1.29 is 19.5 Å². The summed E-state index contributed by atoms with van der Waals surface area (Å²) in [7, 11) is 0. The van der Waals surface area contributed by atoms with Gasteiger partial charge in [0.2, 0.25) is 0 Å². The average molecular weight is 307 g/mol. The molecule has 1 amide bonds. The third kappa shape index (κ3) is 2.89. The maximum absolute atomic E-state index is 12.3. The van der Waals surface area contributed by atoms with Gasteiger partial charge in [-0.15, -0.1) is 0 Å². The fourth-order valence-corrected chi connectivity index (χ4v) is 2.54. The highest BCUT2D eigenvalue weighted by molar-refractivity contribution is 6.56. The van der Waals surface area contributed by atoms with Crippen molar-refractivity contribution >= 4 is 28.9 Å². The summed E-state index contributed by atoms with van der Waals surface area (Å²) in [4.78, 5) is 35.4. The molecule has 5 nitrogen and oxygen atoms in total. The molecule has 5 heteroatoms. The molecule has 114 valence electrons. The Balaban J connectivity index is 1.78. The number of carboxylic acid groups (broad SMARTS) is 1. The summed E-state index contributed by atoms with van der Waals surface area (Å²) in [5, 5.41) is 11.4. The Hall–Kier alpha value is -3.21. The minimum atomic E-state index is -1.10. The van der Waals surface area contributed by atoms with Gasteiger partial charge < -0.3 is 10.4 Å². The molecule has 0 atom stereocenters. The maximum atomic E-state index is 12.3. The summed E-state index contributed by atoms with van der Waals surface area (Å²) in [6, 6.07) is 13.2. The molecule has 0 saturated carbocycles. The molecule has 0 unspecified atom stereocenters. The first-order valence-corrected chi connectivity index (χ1v) is 7.04. The zero-order valence-electron chi connectivity index (χ0n) is 12.1. The number of hydrogen-bond acceptors (Lipinski definition) is 3. The van der Waals surface area contributed by atoms with Crippen LogP contribution in [0.2, 0.25) is 0 Å². The van der Waals surface area contributed by atoms with Gasteiger partial charge in [0.05, 0.1) is 5.56 Å². The van der Waals surface area contributed by atoms with Crippen LogP contribution in [0.3, 0.4) is 0 Å². The van der Waals surface area contributed by atoms with Crippen LogP contribution < -0.4 is 5.32 Å². The third-order valence-corrected chi connectivity index (χ3v) is 3.65. The molecule has 0 spiro atoms. The number of ketones is 1. The van der Waals surface area contributed by atoms with E-state index in [9.17, 15) is 14.4 Å². The van der Waals surface area contributed by atoms with Gasteiger partial charge >= 0.3 is 5.97 Å². The largest absolute Gasteiger partial charge is 0.478 e. The van der Waals surface area contributed by atoms with Crippen LogP contribution in [0, 0.1) is 0 Å². The molecule has 23 heavy (non-hydrogen) atoms. The van der Waals surface area contributed by atoms with Gasteiger partial charge in [-0.3, -0.25) is 9.59 Å². The van der Waals surface area contributed by atoms with E-state index in [-0.39, 0.29) is 11.3 Å². The SMILES string of the molecule is O=C(Nc1cccc(C(=O)O)c1)C(=O)C1=CCc2ccccc21. The van der Waals surface area contributed by atoms with Gasteiger partial charge in [-0.1, -0.05) is 36.4 Å². The van der Waals surface area contributed by atoms with E-state index in [4.69, 9.17) is 5.11 Å². The highest BCUT2D eigenvalue weighted by atomic mass is 16.4. The number of anilines is 1. The minimum absolute atomic E-state index is 0.0423. The van der Waals surface area contributed by atoms with Crippen molar-refractivity contribution in [2.24, 2.45) is 0 Å². The second kappa shape index (κ2) is 5.88. The van der Waals surface area contributed by atoms with Gasteiger partial charge in [-0.25, -0.2) is 4.79 Å². The number of aromatic carboxylic acids is 1. The van der Waals surface area contributed by atoms with Crippen molar-refractivity contribution in [2.75, 3.05) is 5.32 Å². The number of rotatable bonds is 4. The number of nitrogens with one attached hydrogen (secondary N) is 1. The van der Waals surface area contributed by atoms with E-state index < -0.39 is 17.7 Å². The fourth-order valence-electron chi connectivity index (χ4n) is 2.54. The predicted octanol–water partition coefficient (Wildman–Crippen LogP) is 2.53. The summed E-state index contributed by atoms with van der Waals surface area (Å²) in [6.45, 7) is 0. The van der Waals surface area contributed by atoms with E-state index in [1.165, 1.54) is 24.3 Å². The Bertz CT molecular complexity index is 852. The maximum Gasteiger partial charge on any atom is 0.335 e. The van der Waals surface area contributed by atoms with Crippen LogP contribution in [0.25, 0.3) is 5.57 Å². The summed E-state index contributed by atoms with van der Waals surface area (Å²) in [6.07, 6.45) is 2.36. The number of Topliss-reactive ketones (excluding diaryl/α,β-unsaturated/α-hetero) is 1. The first-order chi connectivity index (χ1) is 11.1. The lowest BCUT2D eigenvalue weighted by Crippen LogP contribution is -2.23. The number of allylic oxidation sites excluding steroid dienone is 1. The van der Waals surface area contributed by atoms with Crippen molar-refractivity contribution in [1.82, 2.24) is 0 Å². The molecule has 0 fully saturated rings. The number of hydrogen-bond donors (Lipinski definition) is 2. The zero-order chi connectivity index (χ0) is 16.4. The number of carbonyl (C=O) groups excluding carboxylic acids is 2. The van der Waals surface area contributed by atoms with Crippen LogP contribution in [-0.4, -0.2) is 22.8 Å². The van der Waals surface area contributed by atoms with Crippen LogP contribution in [0.5, 0.6) is 0 Å². The molecule has 0 bridgehead atoms. The number of carbonyl (C=O) groups is 3. The molecular weight excluding hydrogens is 294 g/mol. The zero-order valence-corrected chi connectivity index (χ0v) is 12.1. The van der Waals surface area contributed by atoms with E-state index in [2.05, 4.69) is 5.32 Å². The standard InChI is InChI=1S/C18H13NO4/c20-16(15-9-8-11-4-1-2-7-14(11)15)17(21)19-13-6-3-5-12(10-13)18(22)23/h1-7,9-10H,8H2,(H,19,21)(H,22,23). The molecule has 2 aromatic rings. The number of amides is 1. The van der Waals surface area contributed by atoms with E-state index >= 15 is 0 Å². The van der Waals surface area contributed by atoms with Gasteiger partial charge in [0.15, 0.2) is 0 Å². The molecule has 0 saturated heterocycles. The molecule has 2 N–H and O–H groups in total. The normalized spacial score (nSPS) is 12.3. The van der Waals surface area contributed by atoms with Crippen LogP contribution in [0.1, 0.15) is 21.5 Å². The first-order valence-electron chi connectivity index (χ1n) is 7.04. The molecule has 0 aromatic heterocycles. The Morgan fingerprint density at radius 1 is 1.00 bits per heavy atom. The highest BCUT2D eigenvalue weighted by Gasteiger charge is 2.25. The van der Waals surface area contributed by atoms with Gasteiger partial charge in [0.25, 0.3) is 11.7 Å². The molecule has 0 heterocycles. The van der Waals surface area contributed by atoms with Crippen molar-refractivity contribution in [3.8, 4) is 0 Å². The lowest BCUT2D eigenvalue weighted by Gasteiger charge is -2.07. The lowest BCUT2D eigenvalue weighted by molar-refractivity contribution is -0.131. The second-order valence-corrected chi connectivity index (χ2v) is 5.15. The average Bonchev–Trinajstić information content (AvgIpc) is 2.98. The molecule has 3 rings (SSSR count). The monoisotopic (exact) mass is 307 g/mol. The summed E-state index contributed by atoms with van der Waals surface area (Å²) >= 11 is 0. The van der Waals surface area contributed by atoms with Crippen LogP contribution in [0.15, 0.2) is 54.6 Å². The molecular formula is C18H13NO4. The minimum Gasteiger partial charge on any atom is -0.478 e. The van der Waals surface area contributed by atoms with Crippen LogP contribution >= 0.6 is 0 Å². The lowest BCUT2D eigenvalue weighted by atomic mass is 10.0. The molecule has 1 aliphatic carbocycles. The van der Waals surface area contributed by atoms with Crippen LogP contribution in [0.4, 0.5) is 5.69 Å². The Kier molecular flexibility index (Phi) is 3.76. The van der Waals surface area contributed by atoms with Crippen molar-refractivity contribution in [1.29, 1.82) is 0 Å². The first kappa shape index (κ1) is 14.7. The molecule has 0 aliphatic heterocycles. The number of benzene rings is 2. The van der Waals surface area contributed by atoms with E-state index in [0.29, 0.717) is 12.0 Å². The quantitative estimate of drug-likeness (QED) is 0.850. The molecule has 0 radical (unpaired) electrons. The fraction of sp³-hybridized carbons (Fsp3) is 0.0556. The highest BCUT2D eigenvalue weighted by Crippen LogP contribution is 2.28. The predicted molar refractivity (Wildman–Crippen MR) is 85.2 cm³/mol. The molecule has 1 aliphatic rings. The van der Waals surface area contributed by atoms with Crippen LogP contribution in [-0.2, 0) is 16.0 Å². The topological polar surface area (TPSA) is 83.5 Å². The smallest absolute Gasteiger partial charge is 0.335 e. The van der Waals surface area contributed by atoms with Gasteiger partial charge in [-0.2, -0.15) is 0 Å². The summed E-state index contributed by atoms with van der Waals surface area (Å²) in [5.41, 5.74) is 2.48. The summed E-state index contributed by atoms with van der Waals surface area (Å²) in [5.74, 6) is -2.51. The Morgan fingerprint density at radius 3 is 2.57 bits per heavy atom. The molecule has 2 aromatic carbocycles. The van der Waals surface area contributed by atoms with E-state index in [1.807, 2.05) is 24.3 Å². The van der Waals surface area contributed by atoms with E-state index in [0.717, 1.165) is 11.1 Å². The Labute approximate surface area is 132 Å². The third-order valence-electron chi connectivity index (χ3n) is 3.65. The van der Waals surface area contributed by atoms with E-state index in [1.54, 1.807) is 6.08 Å². The van der Waals surface area contributed by atoms with Crippen molar-refractivity contribution in [2.45, 2.75) is 6.42 Å². The second-order valence-electron chi connectivity index (χ2n) is 5.15. The summed E-state index contributed by atoms with van der Waals surface area (Å²) < 4.78 is 0.